The van der Waals surface area contributed by atoms with Crippen molar-refractivity contribution in [2.75, 3.05) is 13.1 Å². The van der Waals surface area contributed by atoms with Gasteiger partial charge in [0.1, 0.15) is 5.60 Å². The number of hydrogen-bond acceptors (Lipinski definition) is 3. The standard InChI is InChI=1S/C12H18F3NO4/c1-11(2,3)20-10(19)16-5-7(6-16)8(4-9(17)18)12(13,14)15/h7-8H,4-6H2,1-3H3,(H,17,18). The number of carbonyl (C=O) groups excluding carboxylic acids is 1. The van der Waals surface area contributed by atoms with Gasteiger partial charge in [0, 0.05) is 19.0 Å². The van der Waals surface area contributed by atoms with E-state index in [4.69, 9.17) is 9.84 Å². The molecule has 1 N–H and O–H groups in total. The Morgan fingerprint density at radius 2 is 1.80 bits per heavy atom. The van der Waals surface area contributed by atoms with Gasteiger partial charge >= 0.3 is 18.2 Å². The number of hydrogen-bond donors (Lipinski definition) is 1. The van der Waals surface area contributed by atoms with Gasteiger partial charge in [0.2, 0.25) is 0 Å². The summed E-state index contributed by atoms with van der Waals surface area (Å²) in [6.07, 6.45) is -6.23. The lowest BCUT2D eigenvalue weighted by Gasteiger charge is -2.43. The van der Waals surface area contributed by atoms with Crippen molar-refractivity contribution in [1.82, 2.24) is 4.90 Å². The summed E-state index contributed by atoms with van der Waals surface area (Å²) in [5.74, 6) is -4.32. The Labute approximate surface area is 114 Å². The van der Waals surface area contributed by atoms with Crippen LogP contribution in [0.25, 0.3) is 0 Å². The van der Waals surface area contributed by atoms with E-state index in [1.807, 2.05) is 0 Å². The third-order valence-corrected chi connectivity index (χ3v) is 2.95. The number of amides is 1. The van der Waals surface area contributed by atoms with Crippen LogP contribution < -0.4 is 0 Å². The summed E-state index contributed by atoms with van der Waals surface area (Å²) >= 11 is 0. The molecule has 1 unspecified atom stereocenters. The zero-order valence-corrected chi connectivity index (χ0v) is 11.5. The fraction of sp³-hybridized carbons (Fsp3) is 0.833. The van der Waals surface area contributed by atoms with Gasteiger partial charge < -0.3 is 14.7 Å². The maximum atomic E-state index is 12.8. The average molecular weight is 297 g/mol. The normalized spacial score (nSPS) is 18.4. The van der Waals surface area contributed by atoms with Crippen LogP contribution in [0.15, 0.2) is 0 Å². The second-order valence-electron chi connectivity index (χ2n) is 5.89. The van der Waals surface area contributed by atoms with E-state index >= 15 is 0 Å². The van der Waals surface area contributed by atoms with Gasteiger partial charge in [-0.25, -0.2) is 4.79 Å². The second kappa shape index (κ2) is 5.49. The summed E-state index contributed by atoms with van der Waals surface area (Å²) in [6.45, 7) is 4.71. The Morgan fingerprint density at radius 3 is 2.15 bits per heavy atom. The first-order valence-corrected chi connectivity index (χ1v) is 6.16. The molecule has 1 atom stereocenters. The summed E-state index contributed by atoms with van der Waals surface area (Å²) in [5.41, 5.74) is -0.716. The number of halogens is 3. The van der Waals surface area contributed by atoms with Gasteiger partial charge in [-0.2, -0.15) is 13.2 Å². The molecule has 5 nitrogen and oxygen atoms in total. The van der Waals surface area contributed by atoms with Gasteiger partial charge in [-0.15, -0.1) is 0 Å². The van der Waals surface area contributed by atoms with E-state index in [0.717, 1.165) is 4.90 Å². The molecular weight excluding hydrogens is 279 g/mol. The number of carboxylic acid groups (broad SMARTS) is 1. The predicted molar refractivity (Wildman–Crippen MR) is 63.1 cm³/mol. The smallest absolute Gasteiger partial charge is 0.410 e. The van der Waals surface area contributed by atoms with Crippen LogP contribution in [0.2, 0.25) is 0 Å². The summed E-state index contributed by atoms with van der Waals surface area (Å²) in [5, 5.41) is 8.54. The molecular formula is C12H18F3NO4. The zero-order valence-electron chi connectivity index (χ0n) is 11.5. The molecule has 1 fully saturated rings. The molecule has 1 aliphatic rings. The highest BCUT2D eigenvalue weighted by Crippen LogP contribution is 2.39. The molecule has 0 radical (unpaired) electrons. The molecule has 0 bridgehead atoms. The third-order valence-electron chi connectivity index (χ3n) is 2.95. The lowest BCUT2D eigenvalue weighted by Crippen LogP contribution is -2.56. The van der Waals surface area contributed by atoms with Crippen LogP contribution >= 0.6 is 0 Å². The molecule has 0 spiro atoms. The Morgan fingerprint density at radius 1 is 1.30 bits per heavy atom. The molecule has 1 aliphatic heterocycles. The van der Waals surface area contributed by atoms with E-state index in [0.29, 0.717) is 0 Å². The molecule has 20 heavy (non-hydrogen) atoms. The van der Waals surface area contributed by atoms with Crippen molar-refractivity contribution in [2.45, 2.75) is 39.0 Å². The summed E-state index contributed by atoms with van der Waals surface area (Å²) in [4.78, 5) is 23.2. The van der Waals surface area contributed by atoms with E-state index in [-0.39, 0.29) is 13.1 Å². The molecule has 8 heteroatoms. The number of ether oxygens (including phenoxy) is 1. The van der Waals surface area contributed by atoms with Crippen molar-refractivity contribution in [3.05, 3.63) is 0 Å². The Kier molecular flexibility index (Phi) is 4.55. The molecule has 0 saturated carbocycles. The number of carbonyl (C=O) groups is 2. The van der Waals surface area contributed by atoms with Crippen molar-refractivity contribution in [1.29, 1.82) is 0 Å². The second-order valence-corrected chi connectivity index (χ2v) is 5.89. The van der Waals surface area contributed by atoms with Crippen molar-refractivity contribution >= 4 is 12.1 Å². The van der Waals surface area contributed by atoms with Gasteiger partial charge in [0.25, 0.3) is 0 Å². The molecule has 0 aromatic rings. The number of likely N-dealkylation sites (tertiary alicyclic amines) is 1. The SMILES string of the molecule is CC(C)(C)OC(=O)N1CC(C(CC(=O)O)C(F)(F)F)C1. The van der Waals surface area contributed by atoms with Crippen LogP contribution in [-0.2, 0) is 9.53 Å². The highest BCUT2D eigenvalue weighted by Gasteiger charge is 2.50. The van der Waals surface area contributed by atoms with Crippen LogP contribution in [0.3, 0.4) is 0 Å². The molecule has 1 heterocycles. The molecule has 0 aromatic carbocycles. The number of carboxylic acids is 1. The summed E-state index contributed by atoms with van der Waals surface area (Å²) in [6, 6.07) is 0. The van der Waals surface area contributed by atoms with E-state index in [1.54, 1.807) is 20.8 Å². The van der Waals surface area contributed by atoms with Gasteiger partial charge in [0.15, 0.2) is 0 Å². The minimum atomic E-state index is -4.58. The van der Waals surface area contributed by atoms with Crippen LogP contribution in [0.4, 0.5) is 18.0 Å². The maximum Gasteiger partial charge on any atom is 0.410 e. The maximum absolute atomic E-state index is 12.8. The number of nitrogens with zero attached hydrogens (tertiary/aromatic N) is 1. The number of rotatable bonds is 3. The van der Waals surface area contributed by atoms with Crippen molar-refractivity contribution in [3.8, 4) is 0 Å². The molecule has 116 valence electrons. The lowest BCUT2D eigenvalue weighted by molar-refractivity contribution is -0.206. The summed E-state index contributed by atoms with van der Waals surface area (Å²) < 4.78 is 43.3. The van der Waals surface area contributed by atoms with Gasteiger partial charge in [0.05, 0.1) is 12.3 Å². The average Bonchev–Trinajstić information content (AvgIpc) is 2.08. The van der Waals surface area contributed by atoms with Crippen LogP contribution in [0, 0.1) is 11.8 Å². The van der Waals surface area contributed by atoms with E-state index in [9.17, 15) is 22.8 Å². The van der Waals surface area contributed by atoms with Gasteiger partial charge in [-0.05, 0) is 20.8 Å². The van der Waals surface area contributed by atoms with Crippen molar-refractivity contribution in [2.24, 2.45) is 11.8 Å². The quantitative estimate of drug-likeness (QED) is 0.869. The Hall–Kier alpha value is -1.47. The molecule has 1 saturated heterocycles. The minimum Gasteiger partial charge on any atom is -0.481 e. The first kappa shape index (κ1) is 16.6. The fourth-order valence-electron chi connectivity index (χ4n) is 1.98. The topological polar surface area (TPSA) is 66.8 Å². The third kappa shape index (κ3) is 4.57. The monoisotopic (exact) mass is 297 g/mol. The first-order valence-electron chi connectivity index (χ1n) is 6.16. The largest absolute Gasteiger partial charge is 0.481 e. The Bertz CT molecular complexity index is 383. The predicted octanol–water partition coefficient (Wildman–Crippen LogP) is 2.51. The number of alkyl halides is 3. The zero-order chi connectivity index (χ0) is 15.7. The summed E-state index contributed by atoms with van der Waals surface area (Å²) in [7, 11) is 0. The number of aliphatic carboxylic acids is 1. The van der Waals surface area contributed by atoms with Crippen LogP contribution in [0.5, 0.6) is 0 Å². The van der Waals surface area contributed by atoms with Crippen molar-refractivity contribution in [3.63, 3.8) is 0 Å². The molecule has 1 amide bonds. The Balaban J connectivity index is 2.57. The van der Waals surface area contributed by atoms with Crippen LogP contribution in [0.1, 0.15) is 27.2 Å². The van der Waals surface area contributed by atoms with Crippen LogP contribution in [-0.4, -0.2) is 46.9 Å². The highest BCUT2D eigenvalue weighted by atomic mass is 19.4. The van der Waals surface area contributed by atoms with Crippen molar-refractivity contribution < 1.29 is 32.6 Å². The molecule has 1 rings (SSSR count). The van der Waals surface area contributed by atoms with Gasteiger partial charge in [-0.3, -0.25) is 4.79 Å². The fourth-order valence-corrected chi connectivity index (χ4v) is 1.98. The molecule has 0 aromatic heterocycles. The first-order chi connectivity index (χ1) is 8.90. The van der Waals surface area contributed by atoms with Gasteiger partial charge in [-0.1, -0.05) is 0 Å². The van der Waals surface area contributed by atoms with E-state index in [2.05, 4.69) is 0 Å². The molecule has 0 aliphatic carbocycles. The highest BCUT2D eigenvalue weighted by molar-refractivity contribution is 5.69. The van der Waals surface area contributed by atoms with E-state index < -0.39 is 42.1 Å². The lowest BCUT2D eigenvalue weighted by atomic mass is 9.83. The minimum absolute atomic E-state index is 0.133. The van der Waals surface area contributed by atoms with E-state index in [1.165, 1.54) is 0 Å².